The summed E-state index contributed by atoms with van der Waals surface area (Å²) in [7, 11) is 0. The highest BCUT2D eigenvalue weighted by atomic mass is 16.6. The zero-order valence-corrected chi connectivity index (χ0v) is 13.3. The maximum atomic E-state index is 11.3. The molecule has 0 saturated carbocycles. The normalized spacial score (nSPS) is 33.6. The van der Waals surface area contributed by atoms with Crippen LogP contribution in [0.4, 0.5) is 0 Å². The van der Waals surface area contributed by atoms with Crippen LogP contribution >= 0.6 is 0 Å². The number of carbonyl (C=O) groups excluding carboxylic acids is 1. The first-order valence-corrected chi connectivity index (χ1v) is 8.24. The second-order valence-corrected chi connectivity index (χ2v) is 6.25. The maximum Gasteiger partial charge on any atom is 0.330 e. The van der Waals surface area contributed by atoms with Gasteiger partial charge in [-0.2, -0.15) is 0 Å². The number of aliphatic hydroxyl groups is 2. The molecule has 5 atom stereocenters. The van der Waals surface area contributed by atoms with Gasteiger partial charge < -0.3 is 19.7 Å². The Balaban J connectivity index is 1.60. The van der Waals surface area contributed by atoms with Gasteiger partial charge in [0.15, 0.2) is 0 Å². The highest BCUT2D eigenvalue weighted by Crippen LogP contribution is 2.26. The van der Waals surface area contributed by atoms with Crippen molar-refractivity contribution in [1.82, 2.24) is 0 Å². The van der Waals surface area contributed by atoms with Crippen molar-refractivity contribution in [3.05, 3.63) is 54.1 Å². The smallest absolute Gasteiger partial charge is 0.330 e. The highest BCUT2D eigenvalue weighted by Gasteiger charge is 2.33. The van der Waals surface area contributed by atoms with Gasteiger partial charge in [0, 0.05) is 18.9 Å². The van der Waals surface area contributed by atoms with Gasteiger partial charge in [0.1, 0.15) is 12.2 Å². The lowest BCUT2D eigenvalue weighted by molar-refractivity contribution is -0.155. The van der Waals surface area contributed by atoms with Crippen LogP contribution in [0.2, 0.25) is 0 Å². The second-order valence-electron chi connectivity index (χ2n) is 6.25. The number of aliphatic hydroxyl groups excluding tert-OH is 2. The summed E-state index contributed by atoms with van der Waals surface area (Å²) in [5.41, 5.74) is 1.07. The van der Waals surface area contributed by atoms with Gasteiger partial charge >= 0.3 is 5.97 Å². The van der Waals surface area contributed by atoms with Gasteiger partial charge in [0.25, 0.3) is 0 Å². The van der Waals surface area contributed by atoms with Gasteiger partial charge in [0.05, 0.1) is 18.3 Å². The molecule has 0 amide bonds. The summed E-state index contributed by atoms with van der Waals surface area (Å²) in [5, 5.41) is 20.0. The zero-order valence-electron chi connectivity index (χ0n) is 13.3. The van der Waals surface area contributed by atoms with E-state index in [1.807, 2.05) is 42.5 Å². The monoisotopic (exact) mass is 330 g/mol. The van der Waals surface area contributed by atoms with Crippen molar-refractivity contribution in [2.24, 2.45) is 0 Å². The van der Waals surface area contributed by atoms with Crippen LogP contribution in [-0.2, 0) is 14.3 Å². The minimum Gasteiger partial charge on any atom is -0.456 e. The van der Waals surface area contributed by atoms with Gasteiger partial charge in [0.2, 0.25) is 0 Å². The summed E-state index contributed by atoms with van der Waals surface area (Å²) in [4.78, 5) is 11.3. The van der Waals surface area contributed by atoms with E-state index in [4.69, 9.17) is 9.47 Å². The summed E-state index contributed by atoms with van der Waals surface area (Å²) in [5.74, 6) is -0.456. The third kappa shape index (κ3) is 4.54. The van der Waals surface area contributed by atoms with Gasteiger partial charge in [-0.3, -0.25) is 0 Å². The average molecular weight is 330 g/mol. The van der Waals surface area contributed by atoms with Crippen molar-refractivity contribution in [2.75, 3.05) is 0 Å². The Morgan fingerprint density at radius 3 is 2.75 bits per heavy atom. The summed E-state index contributed by atoms with van der Waals surface area (Å²) in [6, 6.07) is 9.88. The summed E-state index contributed by atoms with van der Waals surface area (Å²) < 4.78 is 11.1. The van der Waals surface area contributed by atoms with E-state index in [9.17, 15) is 15.0 Å². The lowest BCUT2D eigenvalue weighted by Crippen LogP contribution is -2.41. The van der Waals surface area contributed by atoms with Crippen LogP contribution in [0.15, 0.2) is 48.6 Å². The molecule has 128 valence electrons. The number of hydrogen-bond donors (Lipinski definition) is 2. The Morgan fingerprint density at radius 2 is 1.96 bits per heavy atom. The van der Waals surface area contributed by atoms with Gasteiger partial charge in [-0.05, 0) is 18.1 Å². The van der Waals surface area contributed by atoms with Crippen LogP contribution in [0.5, 0.6) is 0 Å². The van der Waals surface area contributed by atoms with E-state index in [1.54, 1.807) is 0 Å². The molecule has 0 aromatic heterocycles. The fourth-order valence-corrected chi connectivity index (χ4v) is 3.09. The number of carbonyl (C=O) groups is 1. The number of esters is 1. The molecule has 1 aromatic carbocycles. The van der Waals surface area contributed by atoms with Gasteiger partial charge in [-0.15, -0.1) is 0 Å². The molecule has 2 N–H and O–H groups in total. The number of benzene rings is 1. The summed E-state index contributed by atoms with van der Waals surface area (Å²) >= 11 is 0. The van der Waals surface area contributed by atoms with Crippen LogP contribution in [0.25, 0.3) is 6.08 Å². The third-order valence-corrected chi connectivity index (χ3v) is 4.28. The van der Waals surface area contributed by atoms with Crippen LogP contribution in [0, 0.1) is 0 Å². The molecular weight excluding hydrogens is 308 g/mol. The van der Waals surface area contributed by atoms with Crippen LogP contribution in [0.3, 0.4) is 0 Å². The molecule has 2 aliphatic heterocycles. The van der Waals surface area contributed by atoms with E-state index in [1.165, 1.54) is 12.2 Å². The minimum atomic E-state index is -0.830. The molecule has 0 unspecified atom stereocenters. The average Bonchev–Trinajstić information content (AvgIpc) is 2.57. The molecule has 0 bridgehead atoms. The molecule has 1 saturated heterocycles. The van der Waals surface area contributed by atoms with E-state index >= 15 is 0 Å². The summed E-state index contributed by atoms with van der Waals surface area (Å²) in [6.45, 7) is 0. The van der Waals surface area contributed by atoms with E-state index in [0.717, 1.165) is 5.56 Å². The van der Waals surface area contributed by atoms with Gasteiger partial charge in [-0.25, -0.2) is 4.79 Å². The first-order valence-electron chi connectivity index (χ1n) is 8.24. The number of cyclic esters (lactones) is 1. The summed E-state index contributed by atoms with van der Waals surface area (Å²) in [6.07, 6.45) is 5.54. The van der Waals surface area contributed by atoms with Crippen LogP contribution in [-0.4, -0.2) is 46.7 Å². The molecule has 0 aliphatic carbocycles. The van der Waals surface area contributed by atoms with Crippen molar-refractivity contribution in [3.63, 3.8) is 0 Å². The predicted molar refractivity (Wildman–Crippen MR) is 89.0 cm³/mol. The first-order chi connectivity index (χ1) is 11.6. The van der Waals surface area contributed by atoms with Gasteiger partial charge in [-0.1, -0.05) is 42.5 Å². The fourth-order valence-electron chi connectivity index (χ4n) is 3.09. The first kappa shape index (κ1) is 16.9. The van der Waals surface area contributed by atoms with Crippen molar-refractivity contribution in [3.8, 4) is 0 Å². The number of hydrogen-bond acceptors (Lipinski definition) is 5. The van der Waals surface area contributed by atoms with E-state index < -0.39 is 24.3 Å². The minimum absolute atomic E-state index is 0.203. The van der Waals surface area contributed by atoms with E-state index in [0.29, 0.717) is 19.3 Å². The van der Waals surface area contributed by atoms with Crippen LogP contribution < -0.4 is 0 Å². The second kappa shape index (κ2) is 7.75. The Hall–Kier alpha value is -1.95. The van der Waals surface area contributed by atoms with Crippen molar-refractivity contribution in [1.29, 1.82) is 0 Å². The number of rotatable bonds is 4. The Kier molecular flexibility index (Phi) is 5.45. The molecule has 3 rings (SSSR count). The topological polar surface area (TPSA) is 76.0 Å². The van der Waals surface area contributed by atoms with Crippen molar-refractivity contribution in [2.45, 2.75) is 49.8 Å². The molecular formula is C19H22O5. The third-order valence-electron chi connectivity index (χ3n) is 4.28. The number of ether oxygens (including phenoxy) is 2. The zero-order chi connectivity index (χ0) is 16.9. The molecule has 2 heterocycles. The SMILES string of the molecule is O=C1C=C[C@@H](O)[C@@H](C[C@H]2C[C@@H](O)C[C@@H](/C=C/c3ccccc3)O2)O1. The maximum absolute atomic E-state index is 11.3. The lowest BCUT2D eigenvalue weighted by atomic mass is 9.94. The molecule has 0 spiro atoms. The van der Waals surface area contributed by atoms with Crippen molar-refractivity contribution >= 4 is 12.0 Å². The Morgan fingerprint density at radius 1 is 1.17 bits per heavy atom. The quantitative estimate of drug-likeness (QED) is 0.824. The predicted octanol–water partition coefficient (Wildman–Crippen LogP) is 1.84. The molecule has 0 radical (unpaired) electrons. The van der Waals surface area contributed by atoms with E-state index in [-0.39, 0.29) is 12.2 Å². The van der Waals surface area contributed by atoms with E-state index in [2.05, 4.69) is 0 Å². The van der Waals surface area contributed by atoms with Crippen LogP contribution in [0.1, 0.15) is 24.8 Å². The largest absolute Gasteiger partial charge is 0.456 e. The lowest BCUT2D eigenvalue weighted by Gasteiger charge is -2.34. The molecule has 5 heteroatoms. The fraction of sp³-hybridized carbons (Fsp3) is 0.421. The standard InChI is InChI=1S/C19H22O5/c20-14-10-15(7-6-13-4-2-1-3-5-13)23-16(11-14)12-18-17(21)8-9-19(22)24-18/h1-9,14-18,20-21H,10-12H2/b7-6+/t14-,15+,16+,17+,18+/m0/s1. The molecule has 5 nitrogen and oxygen atoms in total. The van der Waals surface area contributed by atoms with Crippen molar-refractivity contribution < 1.29 is 24.5 Å². The molecule has 2 aliphatic rings. The molecule has 1 fully saturated rings. The Labute approximate surface area is 141 Å². The highest BCUT2D eigenvalue weighted by molar-refractivity contribution is 5.83. The Bertz CT molecular complexity index is 609. The molecule has 24 heavy (non-hydrogen) atoms. The molecule has 1 aromatic rings.